The van der Waals surface area contributed by atoms with E-state index in [4.69, 9.17) is 14.4 Å². The maximum absolute atomic E-state index is 6.32. The first-order valence-electron chi connectivity index (χ1n) is 18.6. The first kappa shape index (κ1) is 30.1. The van der Waals surface area contributed by atoms with Crippen molar-refractivity contribution >= 4 is 55.0 Å². The van der Waals surface area contributed by atoms with Crippen LogP contribution in [0.1, 0.15) is 36.1 Å². The lowest BCUT2D eigenvalue weighted by molar-refractivity contribution is 0.535. The van der Waals surface area contributed by atoms with Crippen LogP contribution in [-0.4, -0.2) is 11.5 Å². The summed E-state index contributed by atoms with van der Waals surface area (Å²) in [7, 11) is 0. The molecule has 8 aromatic carbocycles. The summed E-state index contributed by atoms with van der Waals surface area (Å²) in [4.78, 5) is 11.0. The fourth-order valence-corrected chi connectivity index (χ4v) is 9.10. The monoisotopic (exact) mass is 678 g/mol. The minimum absolute atomic E-state index is 0.0717. The number of fused-ring (bicyclic) bond motifs is 7. The quantitative estimate of drug-likeness (QED) is 0.179. The van der Waals surface area contributed by atoms with Crippen molar-refractivity contribution in [2.45, 2.75) is 19.4 Å². The van der Waals surface area contributed by atoms with Gasteiger partial charge >= 0.3 is 0 Å². The van der Waals surface area contributed by atoms with Gasteiger partial charge in [-0.25, -0.2) is 4.99 Å². The molecule has 1 aliphatic heterocycles. The topological polar surface area (TPSA) is 37.9 Å². The van der Waals surface area contributed by atoms with E-state index in [1.807, 2.05) is 6.07 Å². The lowest BCUT2D eigenvalue weighted by Crippen LogP contribution is -2.28. The largest absolute Gasteiger partial charge is 0.456 e. The molecule has 0 saturated heterocycles. The number of hydrogen-bond donors (Lipinski definition) is 0. The molecule has 0 bridgehead atoms. The summed E-state index contributed by atoms with van der Waals surface area (Å²) in [5, 5.41) is 7.29. The molecule has 1 aromatic heterocycles. The summed E-state index contributed by atoms with van der Waals surface area (Å²) >= 11 is 0. The molecule has 0 N–H and O–H groups in total. The Bertz CT molecular complexity index is 3000. The molecule has 3 heteroatoms. The highest BCUT2D eigenvalue weighted by Gasteiger charge is 2.34. The molecule has 0 fully saturated rings. The Kier molecular flexibility index (Phi) is 6.66. The molecule has 2 heterocycles. The Balaban J connectivity index is 1.12. The van der Waals surface area contributed by atoms with E-state index in [0.717, 1.165) is 45.5 Å². The van der Waals surface area contributed by atoms with Crippen molar-refractivity contribution < 1.29 is 4.42 Å². The van der Waals surface area contributed by atoms with E-state index in [1.165, 1.54) is 66.1 Å². The van der Waals surface area contributed by atoms with Gasteiger partial charge in [-0.2, -0.15) is 0 Å². The zero-order valence-corrected chi connectivity index (χ0v) is 29.3. The van der Waals surface area contributed by atoms with Crippen molar-refractivity contribution in [2.75, 3.05) is 0 Å². The number of furan rings is 1. The van der Waals surface area contributed by atoms with Crippen LogP contribution in [0.2, 0.25) is 0 Å². The van der Waals surface area contributed by atoms with Crippen molar-refractivity contribution in [2.24, 2.45) is 15.9 Å². The van der Waals surface area contributed by atoms with Gasteiger partial charge in [-0.15, -0.1) is 0 Å². The number of rotatable bonds is 5. The van der Waals surface area contributed by atoms with Crippen LogP contribution in [0.15, 0.2) is 178 Å². The lowest BCUT2D eigenvalue weighted by atomic mass is 9.80. The Hall–Kier alpha value is -6.58. The SMILES string of the molecule is CCC1C(c2cc3c4c(cccc4c2)-c2ccccc2-3)=NC(c2ccccc2)=NC1c1cccc2c(-c3cccc4oc5ccccc5c34)cccc12. The highest BCUT2D eigenvalue weighted by atomic mass is 16.3. The smallest absolute Gasteiger partial charge is 0.155 e. The zero-order chi connectivity index (χ0) is 35.0. The maximum Gasteiger partial charge on any atom is 0.155 e. The third-order valence-corrected chi connectivity index (χ3v) is 11.4. The number of nitrogens with zero attached hydrogens (tertiary/aromatic N) is 2. The summed E-state index contributed by atoms with van der Waals surface area (Å²) in [5.74, 6) is 0.853. The number of aliphatic imine (C=N–C) groups is 2. The second-order valence-electron chi connectivity index (χ2n) is 14.3. The predicted molar refractivity (Wildman–Crippen MR) is 221 cm³/mol. The maximum atomic E-state index is 6.32. The summed E-state index contributed by atoms with van der Waals surface area (Å²) in [6, 6.07) is 58.8. The average Bonchev–Trinajstić information content (AvgIpc) is 3.77. The minimum atomic E-state index is -0.130. The van der Waals surface area contributed by atoms with Gasteiger partial charge in [0.15, 0.2) is 5.84 Å². The molecule has 2 atom stereocenters. The van der Waals surface area contributed by atoms with E-state index in [-0.39, 0.29) is 12.0 Å². The van der Waals surface area contributed by atoms with Crippen molar-refractivity contribution in [3.63, 3.8) is 0 Å². The molecule has 9 aromatic rings. The Morgan fingerprint density at radius 2 is 1.13 bits per heavy atom. The molecule has 0 amide bonds. The molecule has 0 spiro atoms. The molecule has 11 rings (SSSR count). The summed E-state index contributed by atoms with van der Waals surface area (Å²) in [6.07, 6.45) is 0.898. The second kappa shape index (κ2) is 11.7. The van der Waals surface area contributed by atoms with Crippen LogP contribution in [0.3, 0.4) is 0 Å². The third kappa shape index (κ3) is 4.53. The van der Waals surface area contributed by atoms with Gasteiger partial charge < -0.3 is 4.42 Å². The molecule has 250 valence electrons. The van der Waals surface area contributed by atoms with Crippen molar-refractivity contribution in [3.8, 4) is 33.4 Å². The van der Waals surface area contributed by atoms with Crippen LogP contribution >= 0.6 is 0 Å². The van der Waals surface area contributed by atoms with Gasteiger partial charge in [-0.3, -0.25) is 4.99 Å². The lowest BCUT2D eigenvalue weighted by Gasteiger charge is -2.31. The summed E-state index contributed by atoms with van der Waals surface area (Å²) in [6.45, 7) is 2.28. The Morgan fingerprint density at radius 1 is 0.491 bits per heavy atom. The van der Waals surface area contributed by atoms with Crippen molar-refractivity contribution in [3.05, 3.63) is 180 Å². The molecular weight excluding hydrogens is 645 g/mol. The Morgan fingerprint density at radius 3 is 2.00 bits per heavy atom. The fraction of sp³-hybridized carbons (Fsp3) is 0.0800. The van der Waals surface area contributed by atoms with E-state index < -0.39 is 0 Å². The van der Waals surface area contributed by atoms with Gasteiger partial charge in [0.25, 0.3) is 0 Å². The van der Waals surface area contributed by atoms with Gasteiger partial charge in [-0.1, -0.05) is 146 Å². The minimum Gasteiger partial charge on any atom is -0.456 e. The number of amidine groups is 1. The van der Waals surface area contributed by atoms with Crippen LogP contribution in [0.5, 0.6) is 0 Å². The predicted octanol–water partition coefficient (Wildman–Crippen LogP) is 13.2. The standard InChI is InChI=1S/C50H34N2O/c1-2-33-48(32-28-31-16-10-23-39-35-17-6-7-18-38(35)43(29-32)46(31)39)51-50(30-14-4-3-5-15-30)52-49(33)41-25-12-20-34-36(21-11-22-37(34)41)40-24-13-27-45-47(40)42-19-8-9-26-44(42)53-45/h3-29,33,49H,2H2,1H3. The first-order valence-corrected chi connectivity index (χ1v) is 18.6. The zero-order valence-electron chi connectivity index (χ0n) is 29.3. The third-order valence-electron chi connectivity index (χ3n) is 11.4. The van der Waals surface area contributed by atoms with E-state index in [0.29, 0.717) is 0 Å². The second-order valence-corrected chi connectivity index (χ2v) is 14.3. The van der Waals surface area contributed by atoms with Gasteiger partial charge in [0.2, 0.25) is 0 Å². The van der Waals surface area contributed by atoms with E-state index in [2.05, 4.69) is 165 Å². The number of hydrogen-bond acceptors (Lipinski definition) is 3. The van der Waals surface area contributed by atoms with Crippen LogP contribution < -0.4 is 0 Å². The van der Waals surface area contributed by atoms with E-state index in [9.17, 15) is 0 Å². The first-order chi connectivity index (χ1) is 26.2. The summed E-state index contributed by atoms with van der Waals surface area (Å²) in [5.41, 5.74) is 13.9. The average molecular weight is 679 g/mol. The molecule has 1 aliphatic carbocycles. The molecule has 2 unspecified atom stereocenters. The molecule has 53 heavy (non-hydrogen) atoms. The molecule has 0 radical (unpaired) electrons. The van der Waals surface area contributed by atoms with Crippen molar-refractivity contribution in [1.29, 1.82) is 0 Å². The van der Waals surface area contributed by atoms with Crippen LogP contribution in [0.25, 0.3) is 76.9 Å². The number of benzene rings is 8. The highest BCUT2D eigenvalue weighted by Crippen LogP contribution is 2.49. The van der Waals surface area contributed by atoms with Crippen molar-refractivity contribution in [1.82, 2.24) is 0 Å². The highest BCUT2D eigenvalue weighted by molar-refractivity contribution is 6.21. The molecule has 2 aliphatic rings. The van der Waals surface area contributed by atoms with E-state index >= 15 is 0 Å². The molecular formula is C50H34N2O. The van der Waals surface area contributed by atoms with Gasteiger partial charge in [-0.05, 0) is 96.7 Å². The van der Waals surface area contributed by atoms with Gasteiger partial charge in [0, 0.05) is 22.3 Å². The Labute approximate surface area is 307 Å². The number of para-hydroxylation sites is 1. The fourth-order valence-electron chi connectivity index (χ4n) is 9.10. The van der Waals surface area contributed by atoms with Crippen LogP contribution in [0, 0.1) is 5.92 Å². The van der Waals surface area contributed by atoms with Gasteiger partial charge in [0.05, 0.1) is 11.8 Å². The van der Waals surface area contributed by atoms with Crippen LogP contribution in [0.4, 0.5) is 0 Å². The summed E-state index contributed by atoms with van der Waals surface area (Å²) < 4.78 is 6.32. The molecule has 3 nitrogen and oxygen atoms in total. The normalized spacial score (nSPS) is 16.3. The van der Waals surface area contributed by atoms with Crippen LogP contribution in [-0.2, 0) is 0 Å². The van der Waals surface area contributed by atoms with Gasteiger partial charge in [0.1, 0.15) is 11.2 Å². The van der Waals surface area contributed by atoms with E-state index in [1.54, 1.807) is 0 Å². The molecule has 0 saturated carbocycles.